The molecule has 5 heteroatoms. The molecular formula is C18H30N2O3. The van der Waals surface area contributed by atoms with Gasteiger partial charge in [-0.25, -0.2) is 0 Å². The van der Waals surface area contributed by atoms with Gasteiger partial charge in [0, 0.05) is 38.6 Å². The predicted molar refractivity (Wildman–Crippen MR) is 86.7 cm³/mol. The average molecular weight is 322 g/mol. The third-order valence-corrected chi connectivity index (χ3v) is 6.61. The molecule has 4 rings (SSSR count). The molecule has 0 aromatic carbocycles. The minimum Gasteiger partial charge on any atom is -0.390 e. The van der Waals surface area contributed by atoms with E-state index in [0.717, 1.165) is 57.8 Å². The summed E-state index contributed by atoms with van der Waals surface area (Å²) in [5.74, 6) is 2.17. The van der Waals surface area contributed by atoms with Gasteiger partial charge in [0.15, 0.2) is 0 Å². The van der Waals surface area contributed by atoms with Crippen LogP contribution in [0.5, 0.6) is 0 Å². The van der Waals surface area contributed by atoms with Crippen molar-refractivity contribution in [2.24, 2.45) is 17.8 Å². The zero-order valence-corrected chi connectivity index (χ0v) is 13.9. The van der Waals surface area contributed by atoms with Crippen LogP contribution in [0.3, 0.4) is 0 Å². The first-order valence-electron chi connectivity index (χ1n) is 9.48. The predicted octanol–water partition coefficient (Wildman–Crippen LogP) is 0.841. The molecule has 0 radical (unpaired) electrons. The summed E-state index contributed by atoms with van der Waals surface area (Å²) < 4.78 is 0. The van der Waals surface area contributed by atoms with Crippen molar-refractivity contribution in [3.05, 3.63) is 0 Å². The fraction of sp³-hybridized carbons (Fsp3) is 0.944. The van der Waals surface area contributed by atoms with Crippen molar-refractivity contribution in [1.29, 1.82) is 0 Å². The van der Waals surface area contributed by atoms with E-state index in [4.69, 9.17) is 0 Å². The Hall–Kier alpha value is -0.650. The number of carbonyl (C=O) groups is 1. The van der Waals surface area contributed by atoms with Crippen molar-refractivity contribution >= 4 is 5.91 Å². The second kappa shape index (κ2) is 6.34. The smallest absolute Gasteiger partial charge is 0.222 e. The highest BCUT2D eigenvalue weighted by atomic mass is 16.3. The molecule has 2 N–H and O–H groups in total. The van der Waals surface area contributed by atoms with Crippen molar-refractivity contribution in [1.82, 2.24) is 9.80 Å². The van der Waals surface area contributed by atoms with E-state index < -0.39 is 12.2 Å². The number of aliphatic hydroxyl groups excluding tert-OH is 2. The van der Waals surface area contributed by atoms with Gasteiger partial charge in [0.05, 0.1) is 12.2 Å². The first-order valence-corrected chi connectivity index (χ1v) is 9.48. The first-order chi connectivity index (χ1) is 11.1. The van der Waals surface area contributed by atoms with Gasteiger partial charge in [-0.15, -0.1) is 0 Å². The maximum atomic E-state index is 12.3. The van der Waals surface area contributed by atoms with Crippen molar-refractivity contribution < 1.29 is 15.0 Å². The van der Waals surface area contributed by atoms with E-state index in [9.17, 15) is 15.0 Å². The van der Waals surface area contributed by atoms with Gasteiger partial charge < -0.3 is 15.1 Å². The molecular weight excluding hydrogens is 292 g/mol. The zero-order chi connectivity index (χ0) is 16.0. The lowest BCUT2D eigenvalue weighted by molar-refractivity contribution is -0.130. The minimum absolute atomic E-state index is 0.349. The number of carbonyl (C=O) groups excluding carboxylic acids is 1. The van der Waals surface area contributed by atoms with E-state index in [1.807, 2.05) is 0 Å². The van der Waals surface area contributed by atoms with Gasteiger partial charge >= 0.3 is 0 Å². The summed E-state index contributed by atoms with van der Waals surface area (Å²) >= 11 is 0. The van der Waals surface area contributed by atoms with Crippen LogP contribution in [0.4, 0.5) is 0 Å². The topological polar surface area (TPSA) is 64.0 Å². The molecule has 130 valence electrons. The lowest BCUT2D eigenvalue weighted by Crippen LogP contribution is -2.38. The van der Waals surface area contributed by atoms with Crippen molar-refractivity contribution in [3.8, 4) is 0 Å². The molecule has 1 amide bonds. The Balaban J connectivity index is 1.34. The molecule has 2 saturated carbocycles. The quantitative estimate of drug-likeness (QED) is 0.808. The highest BCUT2D eigenvalue weighted by molar-refractivity contribution is 5.76. The Labute approximate surface area is 138 Å². The second-order valence-corrected chi connectivity index (χ2v) is 8.34. The van der Waals surface area contributed by atoms with E-state index >= 15 is 0 Å². The number of amides is 1. The second-order valence-electron chi connectivity index (χ2n) is 8.34. The van der Waals surface area contributed by atoms with Crippen LogP contribution in [-0.2, 0) is 4.79 Å². The Bertz CT molecular complexity index is 436. The van der Waals surface area contributed by atoms with Crippen LogP contribution in [0.25, 0.3) is 0 Å². The number of rotatable bonds is 3. The number of fused-ring (bicyclic) bond motifs is 1. The summed E-state index contributed by atoms with van der Waals surface area (Å²) in [6, 6.07) is 0.503. The molecule has 2 aliphatic carbocycles. The van der Waals surface area contributed by atoms with Crippen LogP contribution in [0.2, 0.25) is 0 Å². The summed E-state index contributed by atoms with van der Waals surface area (Å²) in [7, 11) is 0. The molecule has 0 bridgehead atoms. The van der Waals surface area contributed by atoms with Crippen LogP contribution in [0.15, 0.2) is 0 Å². The molecule has 5 nitrogen and oxygen atoms in total. The highest BCUT2D eigenvalue weighted by Gasteiger charge is 2.43. The van der Waals surface area contributed by atoms with Crippen molar-refractivity contribution in [2.75, 3.05) is 26.2 Å². The summed E-state index contributed by atoms with van der Waals surface area (Å²) in [5.41, 5.74) is 0. The third-order valence-electron chi connectivity index (χ3n) is 6.61. The lowest BCUT2D eigenvalue weighted by atomic mass is 9.79. The highest BCUT2D eigenvalue weighted by Crippen LogP contribution is 2.38. The van der Waals surface area contributed by atoms with Gasteiger partial charge in [0.2, 0.25) is 5.91 Å². The Morgan fingerprint density at radius 3 is 2.22 bits per heavy atom. The standard InChI is InChI=1S/C18H30N2O3/c21-16-7-13-10-20(11-14(13)8-17(16)22)15-3-4-18(23)19(6-5-15)9-12-1-2-12/h12-17,21-22H,1-11H2/t13-,14+,15?,16+,17-. The van der Waals surface area contributed by atoms with Crippen LogP contribution in [-0.4, -0.2) is 70.3 Å². The number of hydrogen-bond donors (Lipinski definition) is 2. The van der Waals surface area contributed by atoms with E-state index in [1.165, 1.54) is 12.8 Å². The Kier molecular flexibility index (Phi) is 4.37. The number of aliphatic hydroxyl groups is 2. The monoisotopic (exact) mass is 322 g/mol. The fourth-order valence-corrected chi connectivity index (χ4v) is 4.93. The van der Waals surface area contributed by atoms with Gasteiger partial charge in [-0.2, -0.15) is 0 Å². The van der Waals surface area contributed by atoms with Gasteiger partial charge in [0.1, 0.15) is 0 Å². The maximum Gasteiger partial charge on any atom is 0.222 e. The summed E-state index contributed by atoms with van der Waals surface area (Å²) in [6.07, 6.45) is 5.74. The summed E-state index contributed by atoms with van der Waals surface area (Å²) in [4.78, 5) is 17.0. The molecule has 2 aliphatic heterocycles. The van der Waals surface area contributed by atoms with Crippen molar-refractivity contribution in [3.63, 3.8) is 0 Å². The van der Waals surface area contributed by atoms with Crippen LogP contribution in [0.1, 0.15) is 44.9 Å². The van der Waals surface area contributed by atoms with Gasteiger partial charge in [-0.05, 0) is 56.3 Å². The van der Waals surface area contributed by atoms with Crippen LogP contribution in [0, 0.1) is 17.8 Å². The fourth-order valence-electron chi connectivity index (χ4n) is 4.93. The minimum atomic E-state index is -0.541. The summed E-state index contributed by atoms with van der Waals surface area (Å²) in [5, 5.41) is 19.8. The number of likely N-dealkylation sites (tertiary alicyclic amines) is 2. The SMILES string of the molecule is O=C1CCC(N2C[C@H]3C[C@H](O)[C@H](O)C[C@H]3C2)CCN1CC1CC1. The molecule has 0 aromatic rings. The number of nitrogens with zero attached hydrogens (tertiary/aromatic N) is 2. The molecule has 2 saturated heterocycles. The number of hydrogen-bond acceptors (Lipinski definition) is 4. The molecule has 2 heterocycles. The summed E-state index contributed by atoms with van der Waals surface area (Å²) in [6.45, 7) is 3.97. The van der Waals surface area contributed by atoms with Gasteiger partial charge in [0.25, 0.3) is 0 Å². The van der Waals surface area contributed by atoms with E-state index in [1.54, 1.807) is 0 Å². The maximum absolute atomic E-state index is 12.3. The third kappa shape index (κ3) is 3.42. The van der Waals surface area contributed by atoms with Crippen LogP contribution < -0.4 is 0 Å². The molecule has 1 unspecified atom stereocenters. The van der Waals surface area contributed by atoms with Crippen LogP contribution >= 0.6 is 0 Å². The van der Waals surface area contributed by atoms with Crippen molar-refractivity contribution in [2.45, 2.75) is 63.2 Å². The largest absolute Gasteiger partial charge is 0.390 e. The molecule has 0 spiro atoms. The average Bonchev–Trinajstić information content (AvgIpc) is 3.28. The van der Waals surface area contributed by atoms with E-state index in [0.29, 0.717) is 30.2 Å². The molecule has 23 heavy (non-hydrogen) atoms. The molecule has 4 aliphatic rings. The Morgan fingerprint density at radius 2 is 1.61 bits per heavy atom. The lowest BCUT2D eigenvalue weighted by Gasteiger charge is -2.32. The van der Waals surface area contributed by atoms with Gasteiger partial charge in [-0.3, -0.25) is 9.69 Å². The normalized spacial score (nSPS) is 42.6. The van der Waals surface area contributed by atoms with E-state index in [2.05, 4.69) is 9.80 Å². The molecule has 5 atom stereocenters. The first kappa shape index (κ1) is 15.9. The van der Waals surface area contributed by atoms with E-state index in [-0.39, 0.29) is 0 Å². The molecule has 4 fully saturated rings. The Morgan fingerprint density at radius 1 is 0.957 bits per heavy atom. The zero-order valence-electron chi connectivity index (χ0n) is 13.9. The van der Waals surface area contributed by atoms with Gasteiger partial charge in [-0.1, -0.05) is 0 Å². The molecule has 0 aromatic heterocycles.